The van der Waals surface area contributed by atoms with Crippen molar-refractivity contribution in [2.24, 2.45) is 7.05 Å². The van der Waals surface area contributed by atoms with E-state index in [4.69, 9.17) is 9.97 Å². The van der Waals surface area contributed by atoms with Crippen LogP contribution in [0.4, 0.5) is 5.95 Å². The van der Waals surface area contributed by atoms with E-state index in [2.05, 4.69) is 29.4 Å². The number of fused-ring (bicyclic) bond motifs is 2. The van der Waals surface area contributed by atoms with Crippen LogP contribution in [0.1, 0.15) is 25.1 Å². The summed E-state index contributed by atoms with van der Waals surface area (Å²) >= 11 is 0. The van der Waals surface area contributed by atoms with Crippen LogP contribution in [0.3, 0.4) is 0 Å². The molecule has 2 atom stereocenters. The number of nitrogens with zero attached hydrogens (tertiary/aromatic N) is 4. The van der Waals surface area contributed by atoms with Crippen LogP contribution in [-0.4, -0.2) is 51.5 Å². The van der Waals surface area contributed by atoms with Crippen molar-refractivity contribution in [3.8, 4) is 0 Å². The average Bonchev–Trinajstić information content (AvgIpc) is 3.34. The summed E-state index contributed by atoms with van der Waals surface area (Å²) in [5.41, 5.74) is 3.57. The van der Waals surface area contributed by atoms with Gasteiger partial charge in [0.05, 0.1) is 22.4 Å². The fourth-order valence-corrected chi connectivity index (χ4v) is 5.16. The second-order valence-electron chi connectivity index (χ2n) is 9.40. The number of hydrogen-bond donors (Lipinski definition) is 2. The van der Waals surface area contributed by atoms with Gasteiger partial charge in [0.1, 0.15) is 0 Å². The summed E-state index contributed by atoms with van der Waals surface area (Å²) in [5.74, 6) is -0.277. The van der Waals surface area contributed by atoms with Gasteiger partial charge >= 0.3 is 0 Å². The molecule has 2 amide bonds. The molecule has 4 heterocycles. The van der Waals surface area contributed by atoms with E-state index >= 15 is 0 Å². The second kappa shape index (κ2) is 8.02. The normalized spacial score (nSPS) is 20.8. The van der Waals surface area contributed by atoms with E-state index in [0.29, 0.717) is 22.8 Å². The zero-order valence-electron chi connectivity index (χ0n) is 19.9. The molecular weight excluding hydrogens is 440 g/mol. The predicted octanol–water partition coefficient (Wildman–Crippen LogP) is 2.88. The van der Waals surface area contributed by atoms with Gasteiger partial charge in [-0.3, -0.25) is 14.9 Å². The molecular formula is C27H26N6O2. The lowest BCUT2D eigenvalue weighted by Crippen LogP contribution is -2.55. The first-order valence-electron chi connectivity index (χ1n) is 11.8. The summed E-state index contributed by atoms with van der Waals surface area (Å²) in [7, 11) is 1.94. The van der Waals surface area contributed by atoms with Crippen molar-refractivity contribution in [3.63, 3.8) is 0 Å². The first kappa shape index (κ1) is 21.5. The van der Waals surface area contributed by atoms with Crippen LogP contribution < -0.4 is 15.5 Å². The number of carbonyl (C=O) groups excluding carboxylic acids is 2. The molecule has 4 aromatic rings. The van der Waals surface area contributed by atoms with E-state index in [0.717, 1.165) is 40.5 Å². The monoisotopic (exact) mass is 466 g/mol. The number of hydrogen-bond acceptors (Lipinski definition) is 6. The lowest BCUT2D eigenvalue weighted by molar-refractivity contribution is -0.122. The number of piperazine rings is 1. The summed E-state index contributed by atoms with van der Waals surface area (Å²) in [6.45, 7) is 5.82. The number of imide groups is 1. The molecule has 0 radical (unpaired) electrons. The number of para-hydroxylation sites is 2. The van der Waals surface area contributed by atoms with E-state index in [1.807, 2.05) is 66.3 Å². The van der Waals surface area contributed by atoms with Crippen molar-refractivity contribution in [1.29, 1.82) is 0 Å². The van der Waals surface area contributed by atoms with Crippen LogP contribution >= 0.6 is 0 Å². The van der Waals surface area contributed by atoms with Gasteiger partial charge in [0, 0.05) is 60.3 Å². The molecule has 1 saturated heterocycles. The predicted molar refractivity (Wildman–Crippen MR) is 137 cm³/mol. The first-order chi connectivity index (χ1) is 16.9. The van der Waals surface area contributed by atoms with Crippen molar-refractivity contribution < 1.29 is 9.59 Å². The summed E-state index contributed by atoms with van der Waals surface area (Å²) < 4.78 is 1.97. The summed E-state index contributed by atoms with van der Waals surface area (Å²) in [4.78, 5) is 38.4. The van der Waals surface area contributed by atoms with E-state index in [-0.39, 0.29) is 12.1 Å². The topological polar surface area (TPSA) is 92.2 Å². The lowest BCUT2D eigenvalue weighted by Gasteiger charge is -2.37. The fourth-order valence-electron chi connectivity index (χ4n) is 5.16. The van der Waals surface area contributed by atoms with E-state index in [9.17, 15) is 9.59 Å². The quantitative estimate of drug-likeness (QED) is 0.451. The van der Waals surface area contributed by atoms with Crippen LogP contribution in [-0.2, 0) is 16.6 Å². The highest BCUT2D eigenvalue weighted by atomic mass is 16.2. The maximum atomic E-state index is 13.3. The van der Waals surface area contributed by atoms with Crippen molar-refractivity contribution in [2.45, 2.75) is 25.9 Å². The Kier molecular flexibility index (Phi) is 4.93. The zero-order chi connectivity index (χ0) is 24.3. The van der Waals surface area contributed by atoms with Crippen LogP contribution in [0.25, 0.3) is 33.0 Å². The molecule has 8 heteroatoms. The van der Waals surface area contributed by atoms with Gasteiger partial charge in [-0.1, -0.05) is 36.4 Å². The third-order valence-electron chi connectivity index (χ3n) is 6.95. The third kappa shape index (κ3) is 3.40. The summed E-state index contributed by atoms with van der Waals surface area (Å²) in [5, 5.41) is 7.66. The van der Waals surface area contributed by atoms with Gasteiger partial charge in [-0.05, 0) is 26.0 Å². The van der Waals surface area contributed by atoms with Crippen molar-refractivity contribution >= 4 is 50.7 Å². The average molecular weight is 467 g/mol. The van der Waals surface area contributed by atoms with Crippen LogP contribution in [0.5, 0.6) is 0 Å². The van der Waals surface area contributed by atoms with Crippen molar-refractivity contribution in [3.05, 3.63) is 66.0 Å². The molecule has 35 heavy (non-hydrogen) atoms. The Morgan fingerprint density at radius 3 is 2.46 bits per heavy atom. The van der Waals surface area contributed by atoms with E-state index in [1.54, 1.807) is 0 Å². The van der Waals surface area contributed by atoms with Gasteiger partial charge in [0.2, 0.25) is 5.95 Å². The number of aryl methyl sites for hydroxylation is 1. The highest BCUT2D eigenvalue weighted by molar-refractivity contribution is 6.50. The Bertz CT molecular complexity index is 1550. The molecule has 0 unspecified atom stereocenters. The Morgan fingerprint density at radius 1 is 0.914 bits per heavy atom. The van der Waals surface area contributed by atoms with Gasteiger partial charge in [0.15, 0.2) is 0 Å². The molecule has 2 aliphatic rings. The standard InChI is InChI=1S/C27H26N6O2/c1-15-13-33(16(2)12-28-15)27-29-20-10-6-4-9-18(20)24(30-27)23-22(25(34)31-26(23)35)19-14-32(3)21-11-7-5-8-17(19)21/h4-11,14-16,28H,12-13H2,1-3H3,(H,31,34,35)/t15-,16+/m0/s1. The highest BCUT2D eigenvalue weighted by Gasteiger charge is 2.36. The number of benzene rings is 2. The van der Waals surface area contributed by atoms with E-state index in [1.165, 1.54) is 0 Å². The second-order valence-corrected chi connectivity index (χ2v) is 9.40. The Balaban J connectivity index is 1.64. The van der Waals surface area contributed by atoms with Gasteiger partial charge in [0.25, 0.3) is 11.8 Å². The molecule has 0 saturated carbocycles. The lowest BCUT2D eigenvalue weighted by atomic mass is 9.97. The van der Waals surface area contributed by atoms with Gasteiger partial charge in [-0.25, -0.2) is 9.97 Å². The van der Waals surface area contributed by atoms with Crippen LogP contribution in [0.15, 0.2) is 54.7 Å². The minimum Gasteiger partial charge on any atom is -0.350 e. The molecule has 8 nitrogen and oxygen atoms in total. The first-order valence-corrected chi connectivity index (χ1v) is 11.8. The molecule has 1 fully saturated rings. The fraction of sp³-hybridized carbons (Fsp3) is 0.259. The number of anilines is 1. The number of amides is 2. The van der Waals surface area contributed by atoms with E-state index < -0.39 is 11.8 Å². The Labute approximate surface area is 202 Å². The smallest absolute Gasteiger partial charge is 0.261 e. The van der Waals surface area contributed by atoms with Gasteiger partial charge in [-0.15, -0.1) is 0 Å². The largest absolute Gasteiger partial charge is 0.350 e. The number of carbonyl (C=O) groups is 2. The maximum absolute atomic E-state index is 13.3. The summed E-state index contributed by atoms with van der Waals surface area (Å²) in [6.07, 6.45) is 1.91. The minimum absolute atomic E-state index is 0.186. The molecule has 0 aliphatic carbocycles. The molecule has 2 aromatic heterocycles. The van der Waals surface area contributed by atoms with Gasteiger partial charge in [-0.2, -0.15) is 0 Å². The molecule has 0 spiro atoms. The SMILES string of the molecule is C[C@@H]1CN[C@@H](C)CN1c1nc(C2=C(c3cn(C)c4ccccc34)C(=O)NC2=O)c2ccccc2n1. The van der Waals surface area contributed by atoms with Crippen LogP contribution in [0, 0.1) is 0 Å². The minimum atomic E-state index is -0.436. The molecule has 2 aliphatic heterocycles. The summed E-state index contributed by atoms with van der Waals surface area (Å²) in [6, 6.07) is 16.0. The molecule has 6 rings (SSSR count). The molecule has 0 bridgehead atoms. The van der Waals surface area contributed by atoms with Crippen molar-refractivity contribution in [2.75, 3.05) is 18.0 Å². The van der Waals surface area contributed by atoms with Crippen molar-refractivity contribution in [1.82, 2.24) is 25.2 Å². The third-order valence-corrected chi connectivity index (χ3v) is 6.95. The highest BCUT2D eigenvalue weighted by Crippen LogP contribution is 2.37. The molecule has 2 aromatic carbocycles. The maximum Gasteiger partial charge on any atom is 0.261 e. The molecule has 2 N–H and O–H groups in total. The Morgan fingerprint density at radius 2 is 1.63 bits per heavy atom. The number of aromatic nitrogens is 3. The Hall–Kier alpha value is -4.04. The number of rotatable bonds is 3. The van der Waals surface area contributed by atoms with Gasteiger partial charge < -0.3 is 14.8 Å². The zero-order valence-corrected chi connectivity index (χ0v) is 19.9. The van der Waals surface area contributed by atoms with Crippen LogP contribution in [0.2, 0.25) is 0 Å². The molecule has 176 valence electrons. The number of nitrogens with one attached hydrogen (secondary N) is 2.